The van der Waals surface area contributed by atoms with E-state index >= 15 is 0 Å². The van der Waals surface area contributed by atoms with Gasteiger partial charge in [0, 0.05) is 17.4 Å². The topological polar surface area (TPSA) is 62.2 Å². The zero-order valence-electron chi connectivity index (χ0n) is 14.9. The zero-order valence-corrected chi connectivity index (χ0v) is 17.7. The zero-order chi connectivity index (χ0) is 16.9. The Morgan fingerprint density at radius 3 is 2.76 bits per heavy atom. The summed E-state index contributed by atoms with van der Waals surface area (Å²) in [6, 6.07) is 6.16. The van der Waals surface area contributed by atoms with Crippen LogP contribution in [0.5, 0.6) is 5.75 Å². The second kappa shape index (κ2) is 9.72. The van der Waals surface area contributed by atoms with Gasteiger partial charge in [0.1, 0.15) is 5.75 Å². The van der Waals surface area contributed by atoms with Crippen LogP contribution in [0.25, 0.3) is 0 Å². The smallest absolute Gasteiger partial charge is 0.543 e. The van der Waals surface area contributed by atoms with Crippen molar-refractivity contribution in [2.24, 2.45) is 5.92 Å². The minimum absolute atomic E-state index is 0. The Morgan fingerprint density at radius 1 is 1.32 bits per heavy atom. The molecular formula is C19H22NNaO3S. The number of nitrogens with zero attached hydrogens (tertiary/aromatic N) is 1. The van der Waals surface area contributed by atoms with Gasteiger partial charge in [0.25, 0.3) is 0 Å². The van der Waals surface area contributed by atoms with Crippen LogP contribution in [0.4, 0.5) is 0 Å². The third-order valence-electron chi connectivity index (χ3n) is 4.52. The van der Waals surface area contributed by atoms with Crippen molar-refractivity contribution in [1.82, 2.24) is 4.98 Å². The van der Waals surface area contributed by atoms with Gasteiger partial charge in [-0.3, -0.25) is 0 Å². The summed E-state index contributed by atoms with van der Waals surface area (Å²) in [4.78, 5) is 15.0. The number of ether oxygens (including phenoxy) is 1. The van der Waals surface area contributed by atoms with Crippen molar-refractivity contribution in [1.29, 1.82) is 0 Å². The second-order valence-electron chi connectivity index (χ2n) is 6.52. The van der Waals surface area contributed by atoms with Crippen LogP contribution < -0.4 is 39.4 Å². The average molecular weight is 367 g/mol. The first-order valence-corrected chi connectivity index (χ1v) is 9.38. The van der Waals surface area contributed by atoms with Crippen molar-refractivity contribution < 1.29 is 44.2 Å². The molecule has 0 unspecified atom stereocenters. The van der Waals surface area contributed by atoms with E-state index in [4.69, 9.17) is 4.74 Å². The Balaban J connectivity index is 0.00000225. The van der Waals surface area contributed by atoms with E-state index in [0.717, 1.165) is 28.5 Å². The first-order chi connectivity index (χ1) is 11.6. The van der Waals surface area contributed by atoms with Crippen molar-refractivity contribution in [2.45, 2.75) is 45.4 Å². The molecule has 0 radical (unpaired) electrons. The number of aromatic nitrogens is 1. The third kappa shape index (κ3) is 5.81. The Bertz CT molecular complexity index is 710. The van der Waals surface area contributed by atoms with E-state index in [1.807, 2.05) is 19.1 Å². The fourth-order valence-corrected chi connectivity index (χ4v) is 3.98. The van der Waals surface area contributed by atoms with Gasteiger partial charge in [0.05, 0.1) is 23.3 Å². The molecule has 0 spiro atoms. The molecule has 0 bridgehead atoms. The van der Waals surface area contributed by atoms with Crippen molar-refractivity contribution in [3.63, 3.8) is 0 Å². The van der Waals surface area contributed by atoms with Crippen molar-refractivity contribution >= 4 is 17.3 Å². The first kappa shape index (κ1) is 20.4. The molecule has 1 aromatic heterocycles. The predicted octanol–water partition coefficient (Wildman–Crippen LogP) is 0.369. The third-order valence-corrected chi connectivity index (χ3v) is 5.37. The summed E-state index contributed by atoms with van der Waals surface area (Å²) in [6.07, 6.45) is 7.04. The monoisotopic (exact) mass is 367 g/mol. The predicted molar refractivity (Wildman–Crippen MR) is 92.5 cm³/mol. The van der Waals surface area contributed by atoms with Gasteiger partial charge in [-0.1, -0.05) is 37.0 Å². The summed E-state index contributed by atoms with van der Waals surface area (Å²) in [5.41, 5.74) is 2.23. The molecule has 1 saturated carbocycles. The van der Waals surface area contributed by atoms with E-state index in [1.54, 1.807) is 0 Å². The number of carbonyl (C=O) groups is 1. The minimum Gasteiger partial charge on any atom is -0.543 e. The molecule has 6 heteroatoms. The van der Waals surface area contributed by atoms with E-state index in [1.165, 1.54) is 48.8 Å². The number of carboxylic acid groups (broad SMARTS) is 1. The van der Waals surface area contributed by atoms with Crippen LogP contribution in [-0.4, -0.2) is 17.6 Å². The molecule has 1 aliphatic carbocycles. The maximum Gasteiger partial charge on any atom is 1.00 e. The molecule has 25 heavy (non-hydrogen) atoms. The SMILES string of the molecule is Cc1ccc(OCC2CCCCC2)c(Cc2nc(C(=O)[O-])cs2)c1.[Na+]. The number of benzene rings is 1. The molecule has 1 aliphatic rings. The summed E-state index contributed by atoms with van der Waals surface area (Å²) in [7, 11) is 0. The normalized spacial score (nSPS) is 14.8. The van der Waals surface area contributed by atoms with E-state index in [0.29, 0.717) is 12.3 Å². The molecule has 0 aliphatic heterocycles. The molecule has 3 rings (SSSR count). The fourth-order valence-electron chi connectivity index (χ4n) is 3.20. The van der Waals surface area contributed by atoms with Gasteiger partial charge in [-0.2, -0.15) is 0 Å². The van der Waals surface area contributed by atoms with Crippen LogP contribution in [-0.2, 0) is 6.42 Å². The first-order valence-electron chi connectivity index (χ1n) is 8.50. The van der Waals surface area contributed by atoms with Crippen molar-refractivity contribution in [3.05, 3.63) is 45.4 Å². The second-order valence-corrected chi connectivity index (χ2v) is 7.46. The molecular weight excluding hydrogens is 345 g/mol. The molecule has 128 valence electrons. The largest absolute Gasteiger partial charge is 1.00 e. The molecule has 0 saturated heterocycles. The Hall–Kier alpha value is -0.880. The molecule has 0 N–H and O–H groups in total. The fraction of sp³-hybridized carbons (Fsp3) is 0.474. The summed E-state index contributed by atoms with van der Waals surface area (Å²) in [6.45, 7) is 2.81. The maximum absolute atomic E-state index is 10.9. The number of aryl methyl sites for hydroxylation is 1. The number of carboxylic acids is 1. The van der Waals surface area contributed by atoms with Gasteiger partial charge < -0.3 is 14.6 Å². The molecule has 4 nitrogen and oxygen atoms in total. The van der Waals surface area contributed by atoms with Crippen molar-refractivity contribution in [2.75, 3.05) is 6.61 Å². The summed E-state index contributed by atoms with van der Waals surface area (Å²) in [5, 5.41) is 13.2. The molecule has 1 aromatic carbocycles. The van der Waals surface area contributed by atoms with E-state index < -0.39 is 5.97 Å². The number of aromatic carboxylic acids is 1. The molecule has 1 heterocycles. The Morgan fingerprint density at radius 2 is 2.08 bits per heavy atom. The summed E-state index contributed by atoms with van der Waals surface area (Å²) >= 11 is 1.35. The number of hydrogen-bond donors (Lipinski definition) is 0. The van der Waals surface area contributed by atoms with Gasteiger partial charge in [-0.15, -0.1) is 11.3 Å². The van der Waals surface area contributed by atoms with Crippen LogP contribution in [0.1, 0.15) is 58.7 Å². The van der Waals surface area contributed by atoms with Gasteiger partial charge in [-0.25, -0.2) is 4.98 Å². The van der Waals surface area contributed by atoms with Crippen molar-refractivity contribution in [3.8, 4) is 5.75 Å². The number of hydrogen-bond acceptors (Lipinski definition) is 5. The Kier molecular flexibility index (Phi) is 7.94. The molecule has 0 amide bonds. The van der Waals surface area contributed by atoms with Gasteiger partial charge in [0.2, 0.25) is 0 Å². The summed E-state index contributed by atoms with van der Waals surface area (Å²) < 4.78 is 6.11. The average Bonchev–Trinajstić information content (AvgIpc) is 3.04. The minimum atomic E-state index is -1.23. The quantitative estimate of drug-likeness (QED) is 0.692. The summed E-state index contributed by atoms with van der Waals surface area (Å²) in [5.74, 6) is 0.310. The van der Waals surface area contributed by atoms with Gasteiger partial charge in [-0.05, 0) is 31.7 Å². The van der Waals surface area contributed by atoms with Crippen LogP contribution in [0.2, 0.25) is 0 Å². The molecule has 2 aromatic rings. The number of rotatable bonds is 6. The number of carbonyl (C=O) groups excluding carboxylic acids is 1. The van der Waals surface area contributed by atoms with Crippen LogP contribution in [0.15, 0.2) is 23.6 Å². The molecule has 0 atom stereocenters. The van der Waals surface area contributed by atoms with E-state index in [-0.39, 0.29) is 35.3 Å². The van der Waals surface area contributed by atoms with Gasteiger partial charge in [0.15, 0.2) is 0 Å². The van der Waals surface area contributed by atoms with Crippen LogP contribution >= 0.6 is 11.3 Å². The van der Waals surface area contributed by atoms with E-state index in [9.17, 15) is 9.90 Å². The van der Waals surface area contributed by atoms with Gasteiger partial charge >= 0.3 is 29.6 Å². The Labute approximate surface area is 174 Å². The van der Waals surface area contributed by atoms with E-state index in [2.05, 4.69) is 11.1 Å². The number of thiazole rings is 1. The van der Waals surface area contributed by atoms with Crippen LogP contribution in [0, 0.1) is 12.8 Å². The van der Waals surface area contributed by atoms with Crippen LogP contribution in [0.3, 0.4) is 0 Å². The molecule has 1 fully saturated rings. The maximum atomic E-state index is 10.9. The standard InChI is InChI=1S/C19H23NO3S.Na/c1-13-7-8-17(23-11-14-5-3-2-4-6-14)15(9-13)10-18-20-16(12-24-18)19(21)22;/h7-9,12,14H,2-6,10-11H2,1H3,(H,21,22);/q;+1/p-1.